The topological polar surface area (TPSA) is 72.8 Å². The molecule has 0 amide bonds. The first-order chi connectivity index (χ1) is 7.58. The van der Waals surface area contributed by atoms with E-state index in [-0.39, 0.29) is 12.4 Å². The summed E-state index contributed by atoms with van der Waals surface area (Å²) in [4.78, 5) is 21.8. The fraction of sp³-hybridized carbons (Fsp3) is 0.273. The molecule has 0 aliphatic carbocycles. The van der Waals surface area contributed by atoms with Crippen LogP contribution in [0.3, 0.4) is 0 Å². The summed E-state index contributed by atoms with van der Waals surface area (Å²) in [7, 11) is 0. The molecule has 1 atom stereocenters. The van der Waals surface area contributed by atoms with Crippen LogP contribution in [0.5, 0.6) is 11.5 Å². The third-order valence-electron chi connectivity index (χ3n) is 2.27. The Labute approximate surface area is 91.6 Å². The number of carbonyl (C=O) groups excluding carboxylic acids is 1. The van der Waals surface area contributed by atoms with Crippen LogP contribution in [0.15, 0.2) is 18.2 Å². The highest BCUT2D eigenvalue weighted by Crippen LogP contribution is 2.29. The molecule has 1 aliphatic heterocycles. The number of carboxylic acid groups (broad SMARTS) is 1. The molecule has 5 heteroatoms. The van der Waals surface area contributed by atoms with Crippen molar-refractivity contribution in [1.29, 1.82) is 0 Å². The second kappa shape index (κ2) is 3.84. The fourth-order valence-corrected chi connectivity index (χ4v) is 1.40. The number of hydrogen-bond acceptors (Lipinski definition) is 4. The number of aliphatic carboxylic acids is 1. The van der Waals surface area contributed by atoms with Gasteiger partial charge in [0, 0.05) is 6.07 Å². The maximum atomic E-state index is 11.2. The van der Waals surface area contributed by atoms with E-state index in [9.17, 15) is 9.59 Å². The van der Waals surface area contributed by atoms with Crippen molar-refractivity contribution in [3.05, 3.63) is 23.8 Å². The summed E-state index contributed by atoms with van der Waals surface area (Å²) in [6, 6.07) is 4.67. The Balaban J connectivity index is 2.19. The van der Waals surface area contributed by atoms with E-state index in [0.717, 1.165) is 0 Å². The van der Waals surface area contributed by atoms with Gasteiger partial charge < -0.3 is 14.6 Å². The highest BCUT2D eigenvalue weighted by molar-refractivity contribution is 6.02. The molecule has 0 unspecified atom stereocenters. The molecule has 1 N–H and O–H groups in total. The van der Waals surface area contributed by atoms with Gasteiger partial charge in [-0.15, -0.1) is 0 Å². The number of fused-ring (bicyclic) bond motifs is 1. The standard InChI is InChI=1S/C11H10O5/c1-6(11(13)14)16-7-2-3-8-9(12)5-15-10(8)4-7/h2-4,6H,5H2,1H3,(H,13,14)/t6-/m1/s1. The lowest BCUT2D eigenvalue weighted by Gasteiger charge is -2.10. The van der Waals surface area contributed by atoms with E-state index in [4.69, 9.17) is 14.6 Å². The van der Waals surface area contributed by atoms with Crippen LogP contribution in [0.1, 0.15) is 17.3 Å². The molecular weight excluding hydrogens is 212 g/mol. The summed E-state index contributed by atoms with van der Waals surface area (Å²) in [6.07, 6.45) is -0.935. The molecule has 0 saturated carbocycles. The fourth-order valence-electron chi connectivity index (χ4n) is 1.40. The molecule has 16 heavy (non-hydrogen) atoms. The van der Waals surface area contributed by atoms with Gasteiger partial charge in [-0.25, -0.2) is 4.79 Å². The van der Waals surface area contributed by atoms with Gasteiger partial charge in [0.2, 0.25) is 5.78 Å². The molecule has 0 bridgehead atoms. The van der Waals surface area contributed by atoms with Gasteiger partial charge >= 0.3 is 5.97 Å². The second-order valence-electron chi connectivity index (χ2n) is 3.47. The van der Waals surface area contributed by atoms with Gasteiger partial charge in [0.1, 0.15) is 11.5 Å². The molecular formula is C11H10O5. The third kappa shape index (κ3) is 1.84. The first kappa shape index (κ1) is 10.5. The summed E-state index contributed by atoms with van der Waals surface area (Å²) in [5.74, 6) is -0.297. The zero-order valence-corrected chi connectivity index (χ0v) is 8.60. The van der Waals surface area contributed by atoms with Crippen LogP contribution < -0.4 is 9.47 Å². The molecule has 0 aromatic heterocycles. The molecule has 0 fully saturated rings. The second-order valence-corrected chi connectivity index (χ2v) is 3.47. The number of carboxylic acids is 1. The Morgan fingerprint density at radius 2 is 2.31 bits per heavy atom. The van der Waals surface area contributed by atoms with E-state index >= 15 is 0 Å². The SMILES string of the molecule is C[C@@H](Oc1ccc2c(c1)OCC2=O)C(=O)O. The van der Waals surface area contributed by atoms with Gasteiger partial charge in [0.15, 0.2) is 12.7 Å². The zero-order chi connectivity index (χ0) is 11.7. The Kier molecular flexibility index (Phi) is 2.52. The van der Waals surface area contributed by atoms with E-state index < -0.39 is 12.1 Å². The van der Waals surface area contributed by atoms with E-state index in [1.807, 2.05) is 0 Å². The van der Waals surface area contributed by atoms with Gasteiger partial charge in [-0.1, -0.05) is 0 Å². The number of carbonyl (C=O) groups is 2. The van der Waals surface area contributed by atoms with Crippen LogP contribution in [-0.4, -0.2) is 29.6 Å². The van der Waals surface area contributed by atoms with Crippen molar-refractivity contribution in [2.45, 2.75) is 13.0 Å². The molecule has 0 saturated heterocycles. The quantitative estimate of drug-likeness (QED) is 0.829. The summed E-state index contributed by atoms with van der Waals surface area (Å²) in [6.45, 7) is 1.47. The maximum Gasteiger partial charge on any atom is 0.344 e. The number of rotatable bonds is 3. The minimum atomic E-state index is -1.04. The number of hydrogen-bond donors (Lipinski definition) is 1. The maximum absolute atomic E-state index is 11.2. The van der Waals surface area contributed by atoms with Gasteiger partial charge in [-0.05, 0) is 19.1 Å². The zero-order valence-electron chi connectivity index (χ0n) is 8.60. The summed E-state index contributed by atoms with van der Waals surface area (Å²) < 4.78 is 10.3. The van der Waals surface area contributed by atoms with E-state index in [1.165, 1.54) is 13.0 Å². The van der Waals surface area contributed by atoms with Crippen molar-refractivity contribution in [3.8, 4) is 11.5 Å². The van der Waals surface area contributed by atoms with Crippen molar-refractivity contribution in [1.82, 2.24) is 0 Å². The largest absolute Gasteiger partial charge is 0.485 e. The Morgan fingerprint density at radius 1 is 1.56 bits per heavy atom. The molecule has 5 nitrogen and oxygen atoms in total. The lowest BCUT2D eigenvalue weighted by Crippen LogP contribution is -2.22. The third-order valence-corrected chi connectivity index (χ3v) is 2.27. The first-order valence-electron chi connectivity index (χ1n) is 4.77. The average molecular weight is 222 g/mol. The van der Waals surface area contributed by atoms with E-state index in [0.29, 0.717) is 17.1 Å². The molecule has 1 aromatic rings. The Morgan fingerprint density at radius 3 is 3.00 bits per heavy atom. The normalized spacial score (nSPS) is 15.2. The molecule has 84 valence electrons. The Hall–Kier alpha value is -2.04. The van der Waals surface area contributed by atoms with Gasteiger partial charge in [0.05, 0.1) is 5.56 Å². The van der Waals surface area contributed by atoms with Gasteiger partial charge in [-0.2, -0.15) is 0 Å². The molecule has 2 rings (SSSR count). The van der Waals surface area contributed by atoms with Crippen LogP contribution in [0.25, 0.3) is 0 Å². The van der Waals surface area contributed by atoms with E-state index in [1.54, 1.807) is 12.1 Å². The van der Waals surface area contributed by atoms with Crippen molar-refractivity contribution >= 4 is 11.8 Å². The molecule has 0 radical (unpaired) electrons. The van der Waals surface area contributed by atoms with Crippen molar-refractivity contribution < 1.29 is 24.2 Å². The highest BCUT2D eigenvalue weighted by Gasteiger charge is 2.22. The molecule has 1 aliphatic rings. The summed E-state index contributed by atoms with van der Waals surface area (Å²) in [5, 5.41) is 8.67. The molecule has 0 spiro atoms. The number of ether oxygens (including phenoxy) is 2. The smallest absolute Gasteiger partial charge is 0.344 e. The van der Waals surface area contributed by atoms with Crippen molar-refractivity contribution in [2.75, 3.05) is 6.61 Å². The minimum Gasteiger partial charge on any atom is -0.485 e. The minimum absolute atomic E-state index is 0.0350. The van der Waals surface area contributed by atoms with Crippen molar-refractivity contribution in [2.24, 2.45) is 0 Å². The lowest BCUT2D eigenvalue weighted by molar-refractivity contribution is -0.144. The van der Waals surface area contributed by atoms with Crippen LogP contribution in [0.2, 0.25) is 0 Å². The molecule has 1 heterocycles. The first-order valence-corrected chi connectivity index (χ1v) is 4.77. The van der Waals surface area contributed by atoms with Gasteiger partial charge in [0.25, 0.3) is 0 Å². The summed E-state index contributed by atoms with van der Waals surface area (Å²) in [5.41, 5.74) is 0.510. The van der Waals surface area contributed by atoms with Crippen LogP contribution in [-0.2, 0) is 4.79 Å². The highest BCUT2D eigenvalue weighted by atomic mass is 16.5. The predicted octanol–water partition coefficient (Wildman–Crippen LogP) is 1.11. The van der Waals surface area contributed by atoms with E-state index in [2.05, 4.69) is 0 Å². The van der Waals surface area contributed by atoms with Gasteiger partial charge in [-0.3, -0.25) is 4.79 Å². The number of Topliss-reactive ketones (excluding diaryl/α,β-unsaturated/α-hetero) is 1. The monoisotopic (exact) mass is 222 g/mol. The molecule has 1 aromatic carbocycles. The summed E-state index contributed by atoms with van der Waals surface area (Å²) >= 11 is 0. The predicted molar refractivity (Wildman–Crippen MR) is 54.0 cm³/mol. The van der Waals surface area contributed by atoms with Crippen LogP contribution >= 0.6 is 0 Å². The average Bonchev–Trinajstić information content (AvgIpc) is 2.60. The Bertz CT molecular complexity index is 452. The van der Waals surface area contributed by atoms with Crippen molar-refractivity contribution in [3.63, 3.8) is 0 Å². The van der Waals surface area contributed by atoms with Crippen LogP contribution in [0, 0.1) is 0 Å². The number of ketones is 1. The lowest BCUT2D eigenvalue weighted by atomic mass is 10.1. The van der Waals surface area contributed by atoms with Crippen LogP contribution in [0.4, 0.5) is 0 Å². The number of benzene rings is 1.